The number of fused-ring (bicyclic) bond motifs is 1. The lowest BCUT2D eigenvalue weighted by atomic mass is 9.85. The predicted molar refractivity (Wildman–Crippen MR) is 109 cm³/mol. The molecule has 4 nitrogen and oxygen atoms in total. The first-order chi connectivity index (χ1) is 13.7. The Morgan fingerprint density at radius 1 is 1.07 bits per heavy atom. The lowest BCUT2D eigenvalue weighted by Crippen LogP contribution is -2.20. The molecule has 28 heavy (non-hydrogen) atoms. The van der Waals surface area contributed by atoms with Crippen LogP contribution >= 0.6 is 0 Å². The van der Waals surface area contributed by atoms with Gasteiger partial charge in [-0.1, -0.05) is 54.6 Å². The Bertz CT molecular complexity index is 1040. The number of hydrogen-bond acceptors (Lipinski definition) is 4. The minimum absolute atomic E-state index is 0.0209. The third kappa shape index (κ3) is 3.49. The van der Waals surface area contributed by atoms with Gasteiger partial charge < -0.3 is 4.74 Å². The summed E-state index contributed by atoms with van der Waals surface area (Å²) in [5.41, 5.74) is 2.70. The van der Waals surface area contributed by atoms with Crippen molar-refractivity contribution in [2.75, 3.05) is 20.2 Å². The van der Waals surface area contributed by atoms with Crippen LogP contribution in [0.1, 0.15) is 27.4 Å². The van der Waals surface area contributed by atoms with Crippen molar-refractivity contribution in [1.82, 2.24) is 4.90 Å². The molecule has 0 amide bonds. The summed E-state index contributed by atoms with van der Waals surface area (Å²) in [5.74, 6) is -0.528. The molecule has 3 aromatic rings. The molecule has 1 saturated heterocycles. The second kappa shape index (κ2) is 7.84. The van der Waals surface area contributed by atoms with Crippen LogP contribution in [0.5, 0.6) is 0 Å². The van der Waals surface area contributed by atoms with E-state index >= 15 is 0 Å². The lowest BCUT2D eigenvalue weighted by molar-refractivity contribution is 0.0599. The van der Waals surface area contributed by atoms with Crippen LogP contribution in [0.15, 0.2) is 66.7 Å². The van der Waals surface area contributed by atoms with Crippen molar-refractivity contribution in [3.63, 3.8) is 0 Å². The number of ether oxygens (including phenoxy) is 1. The van der Waals surface area contributed by atoms with E-state index in [2.05, 4.69) is 29.2 Å². The Morgan fingerprint density at radius 2 is 1.75 bits per heavy atom. The van der Waals surface area contributed by atoms with E-state index in [-0.39, 0.29) is 17.8 Å². The van der Waals surface area contributed by atoms with Crippen molar-refractivity contribution in [3.8, 4) is 6.07 Å². The third-order valence-corrected chi connectivity index (χ3v) is 5.53. The normalized spacial score (nSPS) is 19.4. The van der Waals surface area contributed by atoms with Gasteiger partial charge in [-0.3, -0.25) is 4.90 Å². The molecular formula is C24H22N2O2. The number of hydrogen-bond donors (Lipinski definition) is 0. The number of benzene rings is 3. The summed E-state index contributed by atoms with van der Waals surface area (Å²) in [5, 5.41) is 11.9. The first-order valence-corrected chi connectivity index (χ1v) is 9.46. The fourth-order valence-electron chi connectivity index (χ4n) is 4.15. The van der Waals surface area contributed by atoms with Crippen molar-refractivity contribution < 1.29 is 9.53 Å². The number of methoxy groups -OCH3 is 1. The lowest BCUT2D eigenvalue weighted by Gasteiger charge is -2.19. The molecule has 0 unspecified atom stereocenters. The van der Waals surface area contributed by atoms with Crippen molar-refractivity contribution in [3.05, 3.63) is 83.4 Å². The van der Waals surface area contributed by atoms with Crippen LogP contribution < -0.4 is 0 Å². The first-order valence-electron chi connectivity index (χ1n) is 9.46. The molecule has 1 fully saturated rings. The number of rotatable bonds is 4. The Labute approximate surface area is 165 Å². The highest BCUT2D eigenvalue weighted by Gasteiger charge is 2.36. The van der Waals surface area contributed by atoms with E-state index in [9.17, 15) is 10.1 Å². The monoisotopic (exact) mass is 370 g/mol. The van der Waals surface area contributed by atoms with Gasteiger partial charge >= 0.3 is 5.97 Å². The number of carbonyl (C=O) groups excluding carboxylic acids is 1. The van der Waals surface area contributed by atoms with E-state index in [1.165, 1.54) is 12.7 Å². The molecule has 0 aromatic heterocycles. The maximum atomic E-state index is 12.5. The molecule has 0 N–H and O–H groups in total. The fourth-order valence-corrected chi connectivity index (χ4v) is 4.15. The van der Waals surface area contributed by atoms with E-state index in [4.69, 9.17) is 4.74 Å². The summed E-state index contributed by atoms with van der Waals surface area (Å²) in [6.45, 7) is 2.25. The molecular weight excluding hydrogens is 348 g/mol. The maximum Gasteiger partial charge on any atom is 0.338 e. The van der Waals surface area contributed by atoms with Gasteiger partial charge in [0, 0.05) is 25.6 Å². The van der Waals surface area contributed by atoms with Crippen molar-refractivity contribution >= 4 is 16.7 Å². The Morgan fingerprint density at radius 3 is 2.43 bits per heavy atom. The van der Waals surface area contributed by atoms with E-state index in [0.29, 0.717) is 12.1 Å². The molecule has 0 bridgehead atoms. The smallest absolute Gasteiger partial charge is 0.338 e. The highest BCUT2D eigenvalue weighted by atomic mass is 16.5. The van der Waals surface area contributed by atoms with Gasteiger partial charge in [-0.15, -0.1) is 0 Å². The molecule has 2 atom stereocenters. The molecule has 0 radical (unpaired) electrons. The number of esters is 1. The zero-order valence-corrected chi connectivity index (χ0v) is 15.8. The number of nitrogens with zero attached hydrogens (tertiary/aromatic N) is 2. The molecule has 4 heteroatoms. The molecule has 1 aliphatic rings. The third-order valence-electron chi connectivity index (χ3n) is 5.53. The SMILES string of the molecule is COC(=O)c1cc2ccccc2cc1[C@@H]1CN(Cc2ccccc2)C[C@H]1C#N. The molecule has 1 aliphatic heterocycles. The average molecular weight is 370 g/mol. The average Bonchev–Trinajstić information content (AvgIpc) is 3.15. The topological polar surface area (TPSA) is 53.3 Å². The Hall–Kier alpha value is -3.16. The minimum atomic E-state index is -0.348. The van der Waals surface area contributed by atoms with Crippen molar-refractivity contribution in [2.24, 2.45) is 5.92 Å². The molecule has 3 aromatic carbocycles. The van der Waals surface area contributed by atoms with Crippen LogP contribution in [-0.4, -0.2) is 31.1 Å². The number of likely N-dealkylation sites (tertiary alicyclic amines) is 1. The standard InChI is InChI=1S/C24H22N2O2/c1-28-24(27)22-12-19-10-6-5-9-18(19)11-21(22)23-16-26(15-20(23)13-25)14-17-7-3-2-4-8-17/h2-12,20,23H,14-16H2,1H3/t20-,23-/m1/s1. The van der Waals surface area contributed by atoms with Gasteiger partial charge in [0.05, 0.1) is 24.7 Å². The Balaban J connectivity index is 1.71. The minimum Gasteiger partial charge on any atom is -0.465 e. The molecule has 0 spiro atoms. The molecule has 140 valence electrons. The largest absolute Gasteiger partial charge is 0.465 e. The predicted octanol–water partition coefficient (Wildman–Crippen LogP) is 4.37. The van der Waals surface area contributed by atoms with Crippen LogP contribution in [0, 0.1) is 17.2 Å². The highest BCUT2D eigenvalue weighted by molar-refractivity contribution is 5.97. The fraction of sp³-hybridized carbons (Fsp3) is 0.250. The number of carbonyl (C=O) groups is 1. The highest BCUT2D eigenvalue weighted by Crippen LogP contribution is 2.37. The summed E-state index contributed by atoms with van der Waals surface area (Å²) in [6.07, 6.45) is 0. The van der Waals surface area contributed by atoms with Gasteiger partial charge in [0.2, 0.25) is 0 Å². The van der Waals surface area contributed by atoms with Crippen LogP contribution in [0.25, 0.3) is 10.8 Å². The van der Waals surface area contributed by atoms with Crippen LogP contribution in [0.2, 0.25) is 0 Å². The summed E-state index contributed by atoms with van der Waals surface area (Å²) in [7, 11) is 1.40. The van der Waals surface area contributed by atoms with Crippen LogP contribution in [0.4, 0.5) is 0 Å². The molecule has 4 rings (SSSR count). The van der Waals surface area contributed by atoms with E-state index < -0.39 is 0 Å². The van der Waals surface area contributed by atoms with Gasteiger partial charge in [0.15, 0.2) is 0 Å². The van der Waals surface area contributed by atoms with Crippen LogP contribution in [-0.2, 0) is 11.3 Å². The van der Waals surface area contributed by atoms with Gasteiger partial charge in [-0.25, -0.2) is 4.79 Å². The van der Waals surface area contributed by atoms with Crippen molar-refractivity contribution in [1.29, 1.82) is 5.26 Å². The summed E-state index contributed by atoms with van der Waals surface area (Å²) in [4.78, 5) is 14.8. The van der Waals surface area contributed by atoms with Crippen LogP contribution in [0.3, 0.4) is 0 Å². The summed E-state index contributed by atoms with van der Waals surface area (Å²) in [6, 6.07) is 24.7. The Kier molecular flexibility index (Phi) is 5.10. The summed E-state index contributed by atoms with van der Waals surface area (Å²) >= 11 is 0. The molecule has 0 aliphatic carbocycles. The van der Waals surface area contributed by atoms with Gasteiger partial charge in [0.25, 0.3) is 0 Å². The second-order valence-corrected chi connectivity index (χ2v) is 7.30. The summed E-state index contributed by atoms with van der Waals surface area (Å²) < 4.78 is 5.04. The number of nitriles is 1. The van der Waals surface area contributed by atoms with Gasteiger partial charge in [0.1, 0.15) is 0 Å². The van der Waals surface area contributed by atoms with Crippen molar-refractivity contribution in [2.45, 2.75) is 12.5 Å². The first kappa shape index (κ1) is 18.2. The van der Waals surface area contributed by atoms with Gasteiger partial charge in [-0.05, 0) is 34.0 Å². The van der Waals surface area contributed by atoms with Gasteiger partial charge in [-0.2, -0.15) is 5.26 Å². The zero-order valence-electron chi connectivity index (χ0n) is 15.8. The molecule has 0 saturated carbocycles. The second-order valence-electron chi connectivity index (χ2n) is 7.30. The molecule has 1 heterocycles. The quantitative estimate of drug-likeness (QED) is 0.640. The zero-order chi connectivity index (χ0) is 19.5. The van der Waals surface area contributed by atoms with E-state index in [1.807, 2.05) is 48.5 Å². The maximum absolute atomic E-state index is 12.5. The van der Waals surface area contributed by atoms with E-state index in [1.54, 1.807) is 0 Å². The van der Waals surface area contributed by atoms with E-state index in [0.717, 1.165) is 29.4 Å².